The van der Waals surface area contributed by atoms with E-state index in [-0.39, 0.29) is 5.41 Å². The molecule has 20 heavy (non-hydrogen) atoms. The van der Waals surface area contributed by atoms with Crippen molar-refractivity contribution >= 4 is 5.69 Å². The van der Waals surface area contributed by atoms with Gasteiger partial charge in [0.15, 0.2) is 0 Å². The molecule has 2 heteroatoms. The zero-order valence-electron chi connectivity index (χ0n) is 13.9. The normalized spacial score (nSPS) is 15.1. The van der Waals surface area contributed by atoms with Gasteiger partial charge in [-0.05, 0) is 54.7 Å². The maximum Gasteiger partial charge on any atom is 0.0349 e. The van der Waals surface area contributed by atoms with Gasteiger partial charge < -0.3 is 11.5 Å². The van der Waals surface area contributed by atoms with E-state index < -0.39 is 0 Å². The van der Waals surface area contributed by atoms with Gasteiger partial charge in [-0.1, -0.05) is 46.2 Å². The summed E-state index contributed by atoms with van der Waals surface area (Å²) in [6, 6.07) is 6.87. The number of nitrogen functional groups attached to an aromatic ring is 1. The van der Waals surface area contributed by atoms with Crippen LogP contribution in [0.1, 0.15) is 77.3 Å². The molecular weight excluding hydrogens is 244 g/mol. The minimum atomic E-state index is 0.185. The Bertz CT molecular complexity index is 421. The molecule has 1 aromatic rings. The highest BCUT2D eigenvalue weighted by Gasteiger charge is 2.22. The number of hydrogen-bond acceptors (Lipinski definition) is 2. The summed E-state index contributed by atoms with van der Waals surface area (Å²) >= 11 is 0. The standard InChI is InChI=1S/C18H32N2/c1-6-13(2)16-12-15(9-10-17(16)20)18(4,5)11-7-8-14(3)19/h9-10,12-14H,6-8,11,19-20H2,1-5H3. The van der Waals surface area contributed by atoms with Crippen molar-refractivity contribution in [2.45, 2.75) is 77.7 Å². The van der Waals surface area contributed by atoms with Crippen LogP contribution in [-0.4, -0.2) is 6.04 Å². The average Bonchev–Trinajstić information content (AvgIpc) is 2.37. The minimum absolute atomic E-state index is 0.185. The molecule has 2 nitrogen and oxygen atoms in total. The van der Waals surface area contributed by atoms with Crippen LogP contribution >= 0.6 is 0 Å². The third-order valence-electron chi connectivity index (χ3n) is 4.47. The molecule has 0 heterocycles. The fraction of sp³-hybridized carbons (Fsp3) is 0.667. The van der Waals surface area contributed by atoms with Gasteiger partial charge in [-0.25, -0.2) is 0 Å². The van der Waals surface area contributed by atoms with E-state index in [4.69, 9.17) is 11.5 Å². The quantitative estimate of drug-likeness (QED) is 0.716. The fourth-order valence-corrected chi connectivity index (χ4v) is 2.65. The van der Waals surface area contributed by atoms with Gasteiger partial charge in [0.2, 0.25) is 0 Å². The van der Waals surface area contributed by atoms with Crippen molar-refractivity contribution in [3.63, 3.8) is 0 Å². The molecule has 2 atom stereocenters. The number of benzene rings is 1. The van der Waals surface area contributed by atoms with Gasteiger partial charge in [-0.3, -0.25) is 0 Å². The lowest BCUT2D eigenvalue weighted by molar-refractivity contribution is 0.439. The Hall–Kier alpha value is -1.02. The first kappa shape index (κ1) is 17.0. The molecule has 1 rings (SSSR count). The number of rotatable bonds is 7. The van der Waals surface area contributed by atoms with E-state index in [2.05, 4.69) is 52.8 Å². The summed E-state index contributed by atoms with van der Waals surface area (Å²) < 4.78 is 0. The molecule has 0 aliphatic rings. The van der Waals surface area contributed by atoms with E-state index in [9.17, 15) is 0 Å². The fourth-order valence-electron chi connectivity index (χ4n) is 2.65. The number of hydrogen-bond donors (Lipinski definition) is 2. The Balaban J connectivity index is 2.89. The minimum Gasteiger partial charge on any atom is -0.398 e. The van der Waals surface area contributed by atoms with Crippen LogP contribution in [-0.2, 0) is 5.41 Å². The summed E-state index contributed by atoms with van der Waals surface area (Å²) in [6.45, 7) is 11.2. The van der Waals surface area contributed by atoms with E-state index in [1.54, 1.807) is 0 Å². The first-order chi connectivity index (χ1) is 9.27. The molecule has 0 saturated carbocycles. The summed E-state index contributed by atoms with van der Waals surface area (Å²) in [7, 11) is 0. The first-order valence-corrected chi connectivity index (χ1v) is 7.93. The summed E-state index contributed by atoms with van der Waals surface area (Å²) in [5.74, 6) is 0.523. The van der Waals surface area contributed by atoms with Crippen LogP contribution in [0, 0.1) is 0 Å². The third kappa shape index (κ3) is 4.52. The average molecular weight is 276 g/mol. The van der Waals surface area contributed by atoms with Crippen LogP contribution in [0.3, 0.4) is 0 Å². The Morgan fingerprint density at radius 3 is 2.40 bits per heavy atom. The third-order valence-corrected chi connectivity index (χ3v) is 4.47. The molecule has 0 fully saturated rings. The van der Waals surface area contributed by atoms with Gasteiger partial charge >= 0.3 is 0 Å². The molecule has 0 aliphatic heterocycles. The molecule has 0 aromatic heterocycles. The molecule has 0 amide bonds. The maximum absolute atomic E-state index is 6.13. The van der Waals surface area contributed by atoms with Crippen molar-refractivity contribution in [2.24, 2.45) is 5.73 Å². The van der Waals surface area contributed by atoms with Gasteiger partial charge in [0.05, 0.1) is 0 Å². The number of nitrogens with two attached hydrogens (primary N) is 2. The Morgan fingerprint density at radius 1 is 1.20 bits per heavy atom. The van der Waals surface area contributed by atoms with Crippen molar-refractivity contribution in [3.05, 3.63) is 29.3 Å². The molecule has 114 valence electrons. The van der Waals surface area contributed by atoms with Crippen LogP contribution in [0.15, 0.2) is 18.2 Å². The van der Waals surface area contributed by atoms with Gasteiger partial charge in [0.1, 0.15) is 0 Å². The van der Waals surface area contributed by atoms with Gasteiger partial charge in [0, 0.05) is 11.7 Å². The first-order valence-electron chi connectivity index (χ1n) is 7.93. The molecule has 0 aliphatic carbocycles. The van der Waals surface area contributed by atoms with Crippen molar-refractivity contribution in [2.75, 3.05) is 5.73 Å². The van der Waals surface area contributed by atoms with Crippen molar-refractivity contribution in [1.29, 1.82) is 0 Å². The lowest BCUT2D eigenvalue weighted by atomic mass is 9.78. The summed E-state index contributed by atoms with van der Waals surface area (Å²) in [6.07, 6.45) is 4.56. The predicted octanol–water partition coefficient (Wildman–Crippen LogP) is 4.58. The van der Waals surface area contributed by atoms with Crippen molar-refractivity contribution in [3.8, 4) is 0 Å². The Morgan fingerprint density at radius 2 is 1.85 bits per heavy atom. The van der Waals surface area contributed by atoms with Gasteiger partial charge in [-0.2, -0.15) is 0 Å². The highest BCUT2D eigenvalue weighted by molar-refractivity contribution is 5.51. The SMILES string of the molecule is CCC(C)c1cc(C(C)(C)CCCC(C)N)ccc1N. The van der Waals surface area contributed by atoms with Crippen LogP contribution in [0.2, 0.25) is 0 Å². The largest absolute Gasteiger partial charge is 0.398 e. The molecule has 0 spiro atoms. The lowest BCUT2D eigenvalue weighted by Gasteiger charge is -2.27. The Labute approximate surface area is 124 Å². The highest BCUT2D eigenvalue weighted by Crippen LogP contribution is 2.34. The van der Waals surface area contributed by atoms with E-state index in [0.29, 0.717) is 12.0 Å². The maximum atomic E-state index is 6.13. The molecule has 1 aromatic carbocycles. The lowest BCUT2D eigenvalue weighted by Crippen LogP contribution is -2.20. The summed E-state index contributed by atoms with van der Waals surface area (Å²) in [5, 5.41) is 0. The van der Waals surface area contributed by atoms with Crippen LogP contribution in [0.4, 0.5) is 5.69 Å². The summed E-state index contributed by atoms with van der Waals surface area (Å²) in [4.78, 5) is 0. The predicted molar refractivity (Wildman–Crippen MR) is 90.1 cm³/mol. The highest BCUT2D eigenvalue weighted by atomic mass is 14.6. The summed E-state index contributed by atoms with van der Waals surface area (Å²) in [5.41, 5.74) is 15.8. The van der Waals surface area contributed by atoms with Gasteiger partial charge in [0.25, 0.3) is 0 Å². The molecule has 2 unspecified atom stereocenters. The zero-order valence-corrected chi connectivity index (χ0v) is 13.9. The van der Waals surface area contributed by atoms with E-state index in [1.165, 1.54) is 24.0 Å². The smallest absolute Gasteiger partial charge is 0.0349 e. The molecule has 0 saturated heterocycles. The molecule has 0 bridgehead atoms. The zero-order chi connectivity index (χ0) is 15.3. The Kier molecular flexibility index (Phi) is 6.07. The van der Waals surface area contributed by atoms with Crippen molar-refractivity contribution in [1.82, 2.24) is 0 Å². The van der Waals surface area contributed by atoms with Gasteiger partial charge in [-0.15, -0.1) is 0 Å². The van der Waals surface area contributed by atoms with Crippen LogP contribution < -0.4 is 11.5 Å². The van der Waals surface area contributed by atoms with E-state index in [1.807, 2.05) is 0 Å². The second-order valence-electron chi connectivity index (χ2n) is 6.91. The monoisotopic (exact) mass is 276 g/mol. The molecular formula is C18H32N2. The number of anilines is 1. The topological polar surface area (TPSA) is 52.0 Å². The van der Waals surface area contributed by atoms with Crippen molar-refractivity contribution < 1.29 is 0 Å². The molecule has 0 radical (unpaired) electrons. The van der Waals surface area contributed by atoms with E-state index >= 15 is 0 Å². The molecule has 4 N–H and O–H groups in total. The van der Waals surface area contributed by atoms with E-state index in [0.717, 1.165) is 18.5 Å². The second kappa shape index (κ2) is 7.12. The van der Waals surface area contributed by atoms with Crippen LogP contribution in [0.5, 0.6) is 0 Å². The second-order valence-corrected chi connectivity index (χ2v) is 6.91. The van der Waals surface area contributed by atoms with Crippen LogP contribution in [0.25, 0.3) is 0 Å².